The molecule has 11 heteroatoms. The van der Waals surface area contributed by atoms with Crippen molar-refractivity contribution in [2.45, 2.75) is 26.2 Å². The fourth-order valence-electron chi connectivity index (χ4n) is 2.14. The van der Waals surface area contributed by atoms with Crippen LogP contribution in [-0.4, -0.2) is 45.5 Å². The molecule has 0 spiro atoms. The van der Waals surface area contributed by atoms with Gasteiger partial charge in [-0.1, -0.05) is 12.1 Å². The van der Waals surface area contributed by atoms with Crippen molar-refractivity contribution >= 4 is 29.9 Å². The zero-order chi connectivity index (χ0) is 18.9. The highest BCUT2D eigenvalue weighted by atomic mass is 127. The number of aliphatic hydroxyl groups is 1. The number of hydrogen-bond donors (Lipinski definition) is 3. The topological polar surface area (TPSA) is 96.6 Å². The average molecular weight is 496 g/mol. The second-order valence-corrected chi connectivity index (χ2v) is 5.34. The smallest absolute Gasteiger partial charge is 0.387 e. The minimum absolute atomic E-state index is 0. The van der Waals surface area contributed by atoms with Gasteiger partial charge in [0.05, 0.1) is 6.10 Å². The molecule has 2 aromatic rings. The van der Waals surface area contributed by atoms with E-state index in [2.05, 4.69) is 30.4 Å². The van der Waals surface area contributed by atoms with Crippen molar-refractivity contribution in [3.63, 3.8) is 0 Å². The van der Waals surface area contributed by atoms with Crippen LogP contribution >= 0.6 is 24.0 Å². The van der Waals surface area contributed by atoms with E-state index in [-0.39, 0.29) is 36.3 Å². The lowest BCUT2D eigenvalue weighted by atomic mass is 10.1. The maximum absolute atomic E-state index is 12.1. The number of ether oxygens (including phenoxy) is 1. The van der Waals surface area contributed by atoms with Gasteiger partial charge in [0, 0.05) is 20.1 Å². The number of aryl methyl sites for hydroxylation is 1. The predicted molar refractivity (Wildman–Crippen MR) is 107 cm³/mol. The van der Waals surface area contributed by atoms with Crippen LogP contribution in [0.1, 0.15) is 24.4 Å². The molecule has 0 radical (unpaired) electrons. The van der Waals surface area contributed by atoms with E-state index in [1.54, 1.807) is 11.7 Å². The molecular weight excluding hydrogens is 473 g/mol. The van der Waals surface area contributed by atoms with Crippen molar-refractivity contribution in [3.8, 4) is 5.75 Å². The second-order valence-electron chi connectivity index (χ2n) is 5.34. The number of guanidine groups is 1. The highest BCUT2D eigenvalue weighted by molar-refractivity contribution is 14.0. The number of aromatic nitrogens is 3. The molecule has 0 saturated heterocycles. The van der Waals surface area contributed by atoms with E-state index in [9.17, 15) is 13.9 Å². The summed E-state index contributed by atoms with van der Waals surface area (Å²) >= 11 is 0. The molecule has 150 valence electrons. The van der Waals surface area contributed by atoms with Gasteiger partial charge in [0.1, 0.15) is 24.4 Å². The number of alkyl halides is 2. The van der Waals surface area contributed by atoms with E-state index < -0.39 is 12.7 Å². The Morgan fingerprint density at radius 3 is 2.56 bits per heavy atom. The molecule has 2 rings (SSSR count). The third kappa shape index (κ3) is 7.62. The number of halogens is 3. The molecule has 0 fully saturated rings. The van der Waals surface area contributed by atoms with Gasteiger partial charge in [-0.25, -0.2) is 9.98 Å². The Morgan fingerprint density at radius 1 is 1.30 bits per heavy atom. The summed E-state index contributed by atoms with van der Waals surface area (Å²) < 4.78 is 30.2. The Balaban J connectivity index is 0.00000364. The summed E-state index contributed by atoms with van der Waals surface area (Å²) in [6.45, 7) is 0.236. The first kappa shape index (κ1) is 23.0. The largest absolute Gasteiger partial charge is 0.435 e. The van der Waals surface area contributed by atoms with Crippen molar-refractivity contribution in [2.24, 2.45) is 12.0 Å². The number of aliphatic hydroxyl groups excluding tert-OH is 1. The van der Waals surface area contributed by atoms with E-state index in [1.807, 2.05) is 6.92 Å². The van der Waals surface area contributed by atoms with E-state index in [0.29, 0.717) is 30.4 Å². The summed E-state index contributed by atoms with van der Waals surface area (Å²) in [7, 11) is 1.78. The zero-order valence-corrected chi connectivity index (χ0v) is 17.3. The molecule has 1 atom stereocenters. The van der Waals surface area contributed by atoms with Crippen LogP contribution in [0, 0.1) is 0 Å². The van der Waals surface area contributed by atoms with Crippen molar-refractivity contribution in [2.75, 3.05) is 13.1 Å². The number of benzene rings is 1. The Hall–Kier alpha value is -2.02. The lowest BCUT2D eigenvalue weighted by molar-refractivity contribution is -0.0498. The molecule has 0 amide bonds. The lowest BCUT2D eigenvalue weighted by Crippen LogP contribution is -2.39. The standard InChI is InChI=1S/C16H22F2N6O2.HI/c1-3-19-16(21-9-14-22-10-23-24(14)2)20-8-13(25)11-4-6-12(7-5-11)26-15(17)18;/h4-7,10,13,15,25H,3,8-9H2,1-2H3,(H2,19,20,21);1H. The summed E-state index contributed by atoms with van der Waals surface area (Å²) in [5.41, 5.74) is 0.572. The SMILES string of the molecule is CCNC(=NCc1ncnn1C)NCC(O)c1ccc(OC(F)F)cc1.I. The molecule has 27 heavy (non-hydrogen) atoms. The normalized spacial score (nSPS) is 12.4. The summed E-state index contributed by atoms with van der Waals surface area (Å²) in [4.78, 5) is 8.48. The summed E-state index contributed by atoms with van der Waals surface area (Å²) in [6.07, 6.45) is 0.616. The molecule has 1 heterocycles. The number of hydrogen-bond acceptors (Lipinski definition) is 5. The Bertz CT molecular complexity index is 711. The lowest BCUT2D eigenvalue weighted by Gasteiger charge is -2.16. The van der Waals surface area contributed by atoms with Crippen molar-refractivity contribution < 1.29 is 18.6 Å². The van der Waals surface area contributed by atoms with Gasteiger partial charge in [0.2, 0.25) is 0 Å². The van der Waals surface area contributed by atoms with E-state index in [4.69, 9.17) is 0 Å². The van der Waals surface area contributed by atoms with Gasteiger partial charge >= 0.3 is 6.61 Å². The van der Waals surface area contributed by atoms with Gasteiger partial charge in [0.15, 0.2) is 5.96 Å². The van der Waals surface area contributed by atoms with Crippen LogP contribution in [0.15, 0.2) is 35.6 Å². The number of nitrogens with zero attached hydrogens (tertiary/aromatic N) is 4. The summed E-state index contributed by atoms with van der Waals surface area (Å²) in [5.74, 6) is 1.27. The van der Waals surface area contributed by atoms with Gasteiger partial charge < -0.3 is 20.5 Å². The van der Waals surface area contributed by atoms with E-state index in [1.165, 1.54) is 30.6 Å². The molecule has 3 N–H and O–H groups in total. The quantitative estimate of drug-likeness (QED) is 0.293. The Kier molecular flexibility index (Phi) is 9.93. The molecular formula is C16H23F2IN6O2. The van der Waals surface area contributed by atoms with E-state index in [0.717, 1.165) is 0 Å². The van der Waals surface area contributed by atoms with Crippen LogP contribution in [0.4, 0.5) is 8.78 Å². The van der Waals surface area contributed by atoms with Gasteiger partial charge in [-0.2, -0.15) is 13.9 Å². The molecule has 1 unspecified atom stereocenters. The number of nitrogens with one attached hydrogen (secondary N) is 2. The first-order valence-corrected chi connectivity index (χ1v) is 8.07. The minimum Gasteiger partial charge on any atom is -0.435 e. The summed E-state index contributed by atoms with van der Waals surface area (Å²) in [5, 5.41) is 20.3. The molecule has 0 bridgehead atoms. The zero-order valence-electron chi connectivity index (χ0n) is 15.0. The molecule has 0 saturated carbocycles. The fraction of sp³-hybridized carbons (Fsp3) is 0.438. The van der Waals surface area contributed by atoms with Gasteiger partial charge in [-0.15, -0.1) is 24.0 Å². The monoisotopic (exact) mass is 496 g/mol. The van der Waals surface area contributed by atoms with Crippen molar-refractivity contribution in [1.82, 2.24) is 25.4 Å². The van der Waals surface area contributed by atoms with E-state index >= 15 is 0 Å². The number of aliphatic imine (C=N–C) groups is 1. The van der Waals surface area contributed by atoms with Crippen LogP contribution in [0.25, 0.3) is 0 Å². The highest BCUT2D eigenvalue weighted by Gasteiger charge is 2.10. The first-order valence-electron chi connectivity index (χ1n) is 8.07. The minimum atomic E-state index is -2.87. The predicted octanol–water partition coefficient (Wildman–Crippen LogP) is 1.82. The third-order valence-electron chi connectivity index (χ3n) is 3.48. The van der Waals surface area contributed by atoms with Crippen LogP contribution in [0.2, 0.25) is 0 Å². The molecule has 8 nitrogen and oxygen atoms in total. The Morgan fingerprint density at radius 2 is 2.00 bits per heavy atom. The van der Waals surface area contributed by atoms with Gasteiger partial charge in [0.25, 0.3) is 0 Å². The average Bonchev–Trinajstić information content (AvgIpc) is 3.02. The summed E-state index contributed by atoms with van der Waals surface area (Å²) in [6, 6.07) is 5.84. The maximum atomic E-state index is 12.1. The van der Waals surface area contributed by atoms with Crippen molar-refractivity contribution in [1.29, 1.82) is 0 Å². The second kappa shape index (κ2) is 11.6. The maximum Gasteiger partial charge on any atom is 0.387 e. The molecule has 1 aromatic heterocycles. The van der Waals surface area contributed by atoms with Gasteiger partial charge in [-0.3, -0.25) is 4.68 Å². The number of rotatable bonds is 8. The molecule has 0 aliphatic heterocycles. The van der Waals surface area contributed by atoms with Gasteiger partial charge in [-0.05, 0) is 24.6 Å². The molecule has 0 aliphatic rings. The first-order chi connectivity index (χ1) is 12.5. The van der Waals surface area contributed by atoms with Crippen LogP contribution in [0.5, 0.6) is 5.75 Å². The van der Waals surface area contributed by atoms with Crippen LogP contribution in [-0.2, 0) is 13.6 Å². The molecule has 1 aromatic carbocycles. The van der Waals surface area contributed by atoms with Crippen LogP contribution < -0.4 is 15.4 Å². The van der Waals surface area contributed by atoms with Crippen LogP contribution in [0.3, 0.4) is 0 Å². The highest BCUT2D eigenvalue weighted by Crippen LogP contribution is 2.18. The van der Waals surface area contributed by atoms with Crippen molar-refractivity contribution in [3.05, 3.63) is 42.0 Å². The Labute approximate surface area is 173 Å². The fourth-order valence-corrected chi connectivity index (χ4v) is 2.14. The third-order valence-corrected chi connectivity index (χ3v) is 3.48. The molecule has 0 aliphatic carbocycles.